The number of fused-ring (bicyclic) bond motifs is 3. The first-order valence-corrected chi connectivity index (χ1v) is 15.4. The molecule has 44 heavy (non-hydrogen) atoms. The topological polar surface area (TPSA) is 132 Å². The number of aromatic hydroxyl groups is 1. The van der Waals surface area contributed by atoms with Crippen molar-refractivity contribution < 1.29 is 34.8 Å². The third-order valence-electron chi connectivity index (χ3n) is 10.3. The maximum atomic E-state index is 14.4. The summed E-state index contributed by atoms with van der Waals surface area (Å²) in [6, 6.07) is 9.40. The van der Waals surface area contributed by atoms with E-state index in [2.05, 4.69) is 38.1 Å². The first kappa shape index (κ1) is 31.5. The molecule has 3 aliphatic rings. The van der Waals surface area contributed by atoms with Crippen molar-refractivity contribution in [1.29, 1.82) is 0 Å². The molecule has 1 unspecified atom stereocenters. The molecule has 0 saturated carbocycles. The highest BCUT2D eigenvalue weighted by molar-refractivity contribution is 6.25. The second kappa shape index (κ2) is 10.6. The van der Waals surface area contributed by atoms with Crippen molar-refractivity contribution in [2.45, 2.75) is 79.8 Å². The number of aryl methyl sites for hydroxylation is 1. The van der Waals surface area contributed by atoms with E-state index in [0.717, 1.165) is 36.5 Å². The normalized spacial score (nSPS) is 28.4. The molecule has 4 N–H and O–H groups in total. The number of allylic oxidation sites excluding steroid dienone is 3. The lowest BCUT2D eigenvalue weighted by molar-refractivity contribution is -0.171. The first-order chi connectivity index (χ1) is 20.6. The number of carbonyl (C=O) groups is 3. The highest BCUT2D eigenvalue weighted by Gasteiger charge is 2.71. The molecule has 5 rings (SSSR count). The quantitative estimate of drug-likeness (QED) is 0.263. The number of hydrogen-bond acceptors (Lipinski definition) is 7. The Morgan fingerprint density at radius 1 is 1.07 bits per heavy atom. The number of phenols is 1. The molecule has 7 heteroatoms. The van der Waals surface area contributed by atoms with Crippen molar-refractivity contribution >= 4 is 23.4 Å². The Hall–Kier alpha value is -3.97. The molecular weight excluding hydrogens is 556 g/mol. The third-order valence-corrected chi connectivity index (χ3v) is 10.3. The second-order valence-corrected chi connectivity index (χ2v) is 13.5. The van der Waals surface area contributed by atoms with Gasteiger partial charge in [0.05, 0.1) is 5.56 Å². The van der Waals surface area contributed by atoms with Crippen LogP contribution in [0, 0.1) is 22.7 Å². The lowest BCUT2D eigenvalue weighted by Gasteiger charge is -2.59. The number of aliphatic hydroxyl groups is 3. The minimum Gasteiger partial charge on any atom is -0.511 e. The summed E-state index contributed by atoms with van der Waals surface area (Å²) in [5.41, 5.74) is -1.33. The van der Waals surface area contributed by atoms with E-state index in [1.165, 1.54) is 11.6 Å². The molecule has 0 aliphatic heterocycles. The molecule has 3 aliphatic carbocycles. The number of hydrogen-bond donors (Lipinski definition) is 4. The molecule has 0 heterocycles. The second-order valence-electron chi connectivity index (χ2n) is 13.5. The molecule has 4 atom stereocenters. The number of benzene rings is 2. The van der Waals surface area contributed by atoms with Crippen LogP contribution in [-0.4, -0.2) is 43.4 Å². The minimum atomic E-state index is -2.62. The molecule has 2 aromatic carbocycles. The molecule has 232 valence electrons. The predicted molar refractivity (Wildman–Crippen MR) is 169 cm³/mol. The fourth-order valence-corrected chi connectivity index (χ4v) is 8.49. The van der Waals surface area contributed by atoms with Crippen LogP contribution in [0.5, 0.6) is 5.75 Å². The monoisotopic (exact) mass is 598 g/mol. The molecule has 7 nitrogen and oxygen atoms in total. The number of carbonyl (C=O) groups excluding carboxylic acids is 3. The van der Waals surface area contributed by atoms with E-state index in [1.807, 2.05) is 26.8 Å². The summed E-state index contributed by atoms with van der Waals surface area (Å²) >= 11 is 0. The van der Waals surface area contributed by atoms with Gasteiger partial charge in [-0.05, 0) is 78.5 Å². The average molecular weight is 599 g/mol. The lowest BCUT2D eigenvalue weighted by atomic mass is 9.44. The van der Waals surface area contributed by atoms with E-state index in [9.17, 15) is 34.8 Å². The van der Waals surface area contributed by atoms with Gasteiger partial charge in [-0.2, -0.15) is 0 Å². The van der Waals surface area contributed by atoms with E-state index in [0.29, 0.717) is 5.56 Å². The van der Waals surface area contributed by atoms with Crippen molar-refractivity contribution in [2.75, 3.05) is 0 Å². The van der Waals surface area contributed by atoms with Gasteiger partial charge in [0.25, 0.3) is 0 Å². The minimum absolute atomic E-state index is 0.0211. The molecule has 0 amide bonds. The van der Waals surface area contributed by atoms with Gasteiger partial charge in [0.2, 0.25) is 5.78 Å². The van der Waals surface area contributed by atoms with Gasteiger partial charge >= 0.3 is 0 Å². The molecule has 2 aromatic rings. The van der Waals surface area contributed by atoms with Gasteiger partial charge < -0.3 is 20.4 Å². The molecule has 0 saturated heterocycles. The molecule has 0 spiro atoms. The van der Waals surface area contributed by atoms with Crippen LogP contribution in [0.25, 0.3) is 17.2 Å². The average Bonchev–Trinajstić information content (AvgIpc) is 2.93. The molecule has 0 bridgehead atoms. The van der Waals surface area contributed by atoms with Gasteiger partial charge in [0.15, 0.2) is 17.2 Å². The summed E-state index contributed by atoms with van der Waals surface area (Å²) in [6.45, 7) is 12.4. The maximum absolute atomic E-state index is 14.4. The summed E-state index contributed by atoms with van der Waals surface area (Å²) in [4.78, 5) is 40.8. The Bertz CT molecular complexity index is 1710. The number of Topliss-reactive ketones (excluding diaryl/α,β-unsaturated/α-hetero) is 3. The predicted octanol–water partition coefficient (Wildman–Crippen LogP) is 7.00. The van der Waals surface area contributed by atoms with Crippen LogP contribution in [-0.2, 0) is 22.4 Å². The Morgan fingerprint density at radius 2 is 1.75 bits per heavy atom. The van der Waals surface area contributed by atoms with Crippen LogP contribution in [0.15, 0.2) is 59.1 Å². The van der Waals surface area contributed by atoms with Crippen LogP contribution in [0.2, 0.25) is 0 Å². The number of rotatable bonds is 6. The molecule has 0 fully saturated rings. The summed E-state index contributed by atoms with van der Waals surface area (Å²) in [6.07, 6.45) is 6.20. The van der Waals surface area contributed by atoms with Gasteiger partial charge in [-0.15, -0.1) is 0 Å². The van der Waals surface area contributed by atoms with Crippen LogP contribution >= 0.6 is 0 Å². The summed E-state index contributed by atoms with van der Waals surface area (Å²) in [5, 5.41) is 46.5. The standard InChI is InChI=1S/C37H42O7/c1-8-10-11-22-16-23(13-12-21(22)9-2)24-14-15-26(39)28-25(24)17-35(6)18-36(7)29(19(3)4)31(40)27(20(5)38)33(42)37(36,44)34(43)30(35)32(28)41/h10-16,19,29,39-40,43-44H,8-9,17-18H2,1-7H3/b11-10+/t29?,35-,36-,37+/m1/s1. The van der Waals surface area contributed by atoms with Crippen molar-refractivity contribution in [1.82, 2.24) is 0 Å². The van der Waals surface area contributed by atoms with Crippen molar-refractivity contribution in [2.24, 2.45) is 22.7 Å². The maximum Gasteiger partial charge on any atom is 0.209 e. The lowest BCUT2D eigenvalue weighted by Crippen LogP contribution is -2.67. The van der Waals surface area contributed by atoms with E-state index < -0.39 is 56.8 Å². The number of ketones is 3. The summed E-state index contributed by atoms with van der Waals surface area (Å²) in [7, 11) is 0. The van der Waals surface area contributed by atoms with Gasteiger partial charge in [0.1, 0.15) is 22.8 Å². The Morgan fingerprint density at radius 3 is 2.34 bits per heavy atom. The Balaban J connectivity index is 1.77. The zero-order chi connectivity index (χ0) is 32.5. The van der Waals surface area contributed by atoms with E-state index in [-0.39, 0.29) is 35.6 Å². The SMILES string of the molecule is CC/C=C/c1cc(-c2ccc(O)c3c2C[C@]2(C)C[C@]4(C)C(C(C)C)C(O)=C(C(C)=O)C(=O)[C@]4(O)C(O)=C2C3=O)ccc1CC. The van der Waals surface area contributed by atoms with Gasteiger partial charge in [0, 0.05) is 22.3 Å². The Labute approximate surface area is 258 Å². The van der Waals surface area contributed by atoms with Crippen LogP contribution in [0.1, 0.15) is 88.4 Å². The summed E-state index contributed by atoms with van der Waals surface area (Å²) in [5.74, 6) is -5.17. The van der Waals surface area contributed by atoms with E-state index in [1.54, 1.807) is 13.0 Å². The fourth-order valence-electron chi connectivity index (χ4n) is 8.49. The van der Waals surface area contributed by atoms with Crippen LogP contribution < -0.4 is 0 Å². The highest BCUT2D eigenvalue weighted by Crippen LogP contribution is 2.65. The largest absolute Gasteiger partial charge is 0.511 e. The Kier molecular flexibility index (Phi) is 7.57. The summed E-state index contributed by atoms with van der Waals surface area (Å²) < 4.78 is 0. The zero-order valence-electron chi connectivity index (χ0n) is 26.5. The van der Waals surface area contributed by atoms with E-state index in [4.69, 9.17) is 0 Å². The fraction of sp³-hybridized carbons (Fsp3) is 0.432. The first-order valence-electron chi connectivity index (χ1n) is 15.4. The smallest absolute Gasteiger partial charge is 0.209 e. The number of aliphatic hydroxyl groups excluding tert-OH is 2. The highest BCUT2D eigenvalue weighted by atomic mass is 16.3. The van der Waals surface area contributed by atoms with Gasteiger partial charge in [-0.25, -0.2) is 0 Å². The third kappa shape index (κ3) is 4.15. The van der Waals surface area contributed by atoms with Crippen molar-refractivity contribution in [3.05, 3.63) is 81.3 Å². The van der Waals surface area contributed by atoms with Crippen LogP contribution in [0.3, 0.4) is 0 Å². The van der Waals surface area contributed by atoms with Crippen molar-refractivity contribution in [3.63, 3.8) is 0 Å². The van der Waals surface area contributed by atoms with Gasteiger partial charge in [-0.1, -0.05) is 71.9 Å². The van der Waals surface area contributed by atoms with Gasteiger partial charge in [-0.3, -0.25) is 14.4 Å². The van der Waals surface area contributed by atoms with Crippen LogP contribution in [0.4, 0.5) is 0 Å². The van der Waals surface area contributed by atoms with E-state index >= 15 is 0 Å². The molecule has 0 aromatic heterocycles. The molecular formula is C37H42O7. The number of phenolic OH excluding ortho intramolecular Hbond substituents is 1. The van der Waals surface area contributed by atoms with Crippen molar-refractivity contribution in [3.8, 4) is 16.9 Å². The zero-order valence-corrected chi connectivity index (χ0v) is 26.5. The molecule has 0 radical (unpaired) electrons.